The number of anilines is 1. The molecule has 2 rings (SSSR count). The predicted molar refractivity (Wildman–Crippen MR) is 100 cm³/mol. The molecule has 5 nitrogen and oxygen atoms in total. The number of hydrogen-bond donors (Lipinski definition) is 2. The van der Waals surface area contributed by atoms with E-state index in [1.807, 2.05) is 18.4 Å². The number of halogens is 1. The quantitative estimate of drug-likeness (QED) is 0.539. The van der Waals surface area contributed by atoms with Crippen LogP contribution in [0.2, 0.25) is 0 Å². The Morgan fingerprint density at radius 3 is 2.54 bits per heavy atom. The van der Waals surface area contributed by atoms with Crippen LogP contribution >= 0.6 is 11.8 Å². The predicted octanol–water partition coefficient (Wildman–Crippen LogP) is 4.74. The molecule has 2 aromatic carbocycles. The SMILES string of the molecule is C=C[C@@H](OC)[C@H](OC(=O)Nc1ccc(SC)cc1)c1ccc(O)c(F)c1. The van der Waals surface area contributed by atoms with E-state index in [1.54, 1.807) is 23.9 Å². The second-order valence-corrected chi connectivity index (χ2v) is 6.21. The Morgan fingerprint density at radius 2 is 2.00 bits per heavy atom. The maximum Gasteiger partial charge on any atom is 0.412 e. The summed E-state index contributed by atoms with van der Waals surface area (Å²) in [5.74, 6) is -1.30. The number of aromatic hydroxyl groups is 1. The molecule has 0 spiro atoms. The number of phenols is 1. The van der Waals surface area contributed by atoms with Crippen molar-refractivity contribution in [2.45, 2.75) is 17.1 Å². The number of carbonyl (C=O) groups is 1. The van der Waals surface area contributed by atoms with Crippen LogP contribution in [0.25, 0.3) is 0 Å². The van der Waals surface area contributed by atoms with Gasteiger partial charge in [0.15, 0.2) is 17.7 Å². The van der Waals surface area contributed by atoms with E-state index in [4.69, 9.17) is 9.47 Å². The largest absolute Gasteiger partial charge is 0.505 e. The van der Waals surface area contributed by atoms with Gasteiger partial charge in [0, 0.05) is 17.7 Å². The number of rotatable bonds is 7. The number of carbonyl (C=O) groups excluding carboxylic acids is 1. The van der Waals surface area contributed by atoms with E-state index in [0.29, 0.717) is 11.3 Å². The average Bonchev–Trinajstić information content (AvgIpc) is 2.64. The van der Waals surface area contributed by atoms with E-state index >= 15 is 0 Å². The topological polar surface area (TPSA) is 67.8 Å². The highest BCUT2D eigenvalue weighted by molar-refractivity contribution is 7.98. The molecule has 0 aliphatic heterocycles. The lowest BCUT2D eigenvalue weighted by molar-refractivity contribution is 0.00586. The van der Waals surface area contributed by atoms with Crippen molar-refractivity contribution in [1.29, 1.82) is 0 Å². The van der Waals surface area contributed by atoms with Gasteiger partial charge in [-0.25, -0.2) is 9.18 Å². The van der Waals surface area contributed by atoms with Crippen molar-refractivity contribution < 1.29 is 23.8 Å². The molecule has 0 saturated heterocycles. The summed E-state index contributed by atoms with van der Waals surface area (Å²) in [6, 6.07) is 11.0. The normalized spacial score (nSPS) is 12.9. The zero-order chi connectivity index (χ0) is 19.1. The van der Waals surface area contributed by atoms with Gasteiger partial charge in [-0.05, 0) is 48.2 Å². The molecule has 2 N–H and O–H groups in total. The van der Waals surface area contributed by atoms with Gasteiger partial charge in [-0.1, -0.05) is 12.1 Å². The van der Waals surface area contributed by atoms with Gasteiger partial charge < -0.3 is 14.6 Å². The van der Waals surface area contributed by atoms with Crippen LogP contribution in [0.15, 0.2) is 60.0 Å². The summed E-state index contributed by atoms with van der Waals surface area (Å²) in [6.45, 7) is 3.65. The van der Waals surface area contributed by atoms with Gasteiger partial charge >= 0.3 is 6.09 Å². The van der Waals surface area contributed by atoms with Gasteiger partial charge in [0.05, 0.1) is 0 Å². The zero-order valence-corrected chi connectivity index (χ0v) is 15.3. The molecule has 26 heavy (non-hydrogen) atoms. The lowest BCUT2D eigenvalue weighted by Crippen LogP contribution is -2.26. The van der Waals surface area contributed by atoms with Crippen molar-refractivity contribution in [2.75, 3.05) is 18.7 Å². The molecule has 0 bridgehead atoms. The van der Waals surface area contributed by atoms with Crippen molar-refractivity contribution in [1.82, 2.24) is 0 Å². The highest BCUT2D eigenvalue weighted by Crippen LogP contribution is 2.28. The second-order valence-electron chi connectivity index (χ2n) is 5.33. The van der Waals surface area contributed by atoms with Crippen LogP contribution in [-0.2, 0) is 9.47 Å². The van der Waals surface area contributed by atoms with E-state index in [-0.39, 0.29) is 0 Å². The third-order valence-corrected chi connectivity index (χ3v) is 4.42. The van der Waals surface area contributed by atoms with Crippen LogP contribution in [0.3, 0.4) is 0 Å². The first-order valence-corrected chi connectivity index (χ1v) is 8.96. The lowest BCUT2D eigenvalue weighted by Gasteiger charge is -2.24. The molecular formula is C19H20FNO4S. The smallest absolute Gasteiger partial charge is 0.412 e. The number of benzene rings is 2. The summed E-state index contributed by atoms with van der Waals surface area (Å²) in [5, 5.41) is 12.0. The summed E-state index contributed by atoms with van der Waals surface area (Å²) < 4.78 is 24.4. The number of nitrogens with one attached hydrogen (secondary N) is 1. The zero-order valence-electron chi connectivity index (χ0n) is 14.4. The molecular weight excluding hydrogens is 357 g/mol. The molecule has 0 aliphatic carbocycles. The summed E-state index contributed by atoms with van der Waals surface area (Å²) in [4.78, 5) is 13.3. The van der Waals surface area contributed by atoms with Crippen LogP contribution in [0, 0.1) is 5.82 Å². The Bertz CT molecular complexity index is 767. The molecule has 0 aromatic heterocycles. The summed E-state index contributed by atoms with van der Waals surface area (Å²) in [7, 11) is 1.43. The van der Waals surface area contributed by atoms with Crippen molar-refractivity contribution in [3.05, 3.63) is 66.5 Å². The molecule has 0 fully saturated rings. The third kappa shape index (κ3) is 5.00. The lowest BCUT2D eigenvalue weighted by atomic mass is 10.0. The second kappa shape index (κ2) is 9.26. The number of thioether (sulfide) groups is 1. The Labute approximate surface area is 155 Å². The first-order chi connectivity index (χ1) is 12.5. The van der Waals surface area contributed by atoms with Crippen LogP contribution in [0.1, 0.15) is 11.7 Å². The standard InChI is InChI=1S/C19H20FNO4S/c1-4-17(24-2)18(12-5-10-16(22)15(20)11-12)25-19(23)21-13-6-8-14(26-3)9-7-13/h4-11,17-18,22H,1H2,2-3H3,(H,21,23)/t17-,18-/m1/s1. The molecule has 7 heteroatoms. The Hall–Kier alpha value is -2.51. The number of amides is 1. The third-order valence-electron chi connectivity index (χ3n) is 3.67. The van der Waals surface area contributed by atoms with Crippen LogP contribution in [0.5, 0.6) is 5.75 Å². The first kappa shape index (κ1) is 19.8. The van der Waals surface area contributed by atoms with Gasteiger partial charge in [0.1, 0.15) is 6.10 Å². The fourth-order valence-electron chi connectivity index (χ4n) is 2.31. The van der Waals surface area contributed by atoms with Crippen LogP contribution in [0.4, 0.5) is 14.9 Å². The molecule has 0 heterocycles. The molecule has 2 aromatic rings. The minimum atomic E-state index is -0.932. The van der Waals surface area contributed by atoms with E-state index in [0.717, 1.165) is 11.0 Å². The number of methoxy groups -OCH3 is 1. The molecule has 0 radical (unpaired) electrons. The summed E-state index contributed by atoms with van der Waals surface area (Å²) in [6.07, 6.45) is 1.07. The summed E-state index contributed by atoms with van der Waals surface area (Å²) >= 11 is 1.59. The van der Waals surface area contributed by atoms with Crippen molar-refractivity contribution in [3.8, 4) is 5.75 Å². The number of hydrogen-bond acceptors (Lipinski definition) is 5. The van der Waals surface area contributed by atoms with E-state index in [9.17, 15) is 14.3 Å². The highest BCUT2D eigenvalue weighted by atomic mass is 32.2. The van der Waals surface area contributed by atoms with E-state index in [1.165, 1.54) is 25.3 Å². The van der Waals surface area contributed by atoms with Crippen LogP contribution in [-0.4, -0.2) is 30.7 Å². The molecule has 138 valence electrons. The summed E-state index contributed by atoms with van der Waals surface area (Å²) in [5.41, 5.74) is 0.899. The molecule has 0 saturated carbocycles. The minimum absolute atomic E-state index is 0.333. The first-order valence-electron chi connectivity index (χ1n) is 7.74. The maximum absolute atomic E-state index is 13.7. The van der Waals surface area contributed by atoms with Gasteiger partial charge in [-0.3, -0.25) is 5.32 Å². The van der Waals surface area contributed by atoms with Gasteiger partial charge in [-0.2, -0.15) is 0 Å². The number of ether oxygens (including phenoxy) is 2. The number of phenolic OH excluding ortho intramolecular Hbond substituents is 1. The Kier molecular flexibility index (Phi) is 7.06. The van der Waals surface area contributed by atoms with Crippen LogP contribution < -0.4 is 5.32 Å². The molecule has 0 unspecified atom stereocenters. The Morgan fingerprint density at radius 1 is 1.31 bits per heavy atom. The molecule has 2 atom stereocenters. The molecule has 1 amide bonds. The van der Waals surface area contributed by atoms with Gasteiger partial charge in [0.2, 0.25) is 0 Å². The van der Waals surface area contributed by atoms with Gasteiger partial charge in [-0.15, -0.1) is 18.3 Å². The monoisotopic (exact) mass is 377 g/mol. The van der Waals surface area contributed by atoms with Crippen molar-refractivity contribution in [2.24, 2.45) is 0 Å². The maximum atomic E-state index is 13.7. The van der Waals surface area contributed by atoms with E-state index in [2.05, 4.69) is 11.9 Å². The fraction of sp³-hybridized carbons (Fsp3) is 0.211. The van der Waals surface area contributed by atoms with Crippen molar-refractivity contribution >= 4 is 23.5 Å². The van der Waals surface area contributed by atoms with Crippen molar-refractivity contribution in [3.63, 3.8) is 0 Å². The Balaban J connectivity index is 2.18. The average molecular weight is 377 g/mol. The fourth-order valence-corrected chi connectivity index (χ4v) is 2.71. The van der Waals surface area contributed by atoms with Gasteiger partial charge in [0.25, 0.3) is 0 Å². The molecule has 0 aliphatic rings. The minimum Gasteiger partial charge on any atom is -0.505 e. The highest BCUT2D eigenvalue weighted by Gasteiger charge is 2.26. The van der Waals surface area contributed by atoms with E-state index < -0.39 is 29.9 Å².